The summed E-state index contributed by atoms with van der Waals surface area (Å²) in [5.74, 6) is 0.729. The Kier molecular flexibility index (Phi) is 5.00. The molecular formula is C17H22N4O3. The van der Waals surface area contributed by atoms with E-state index in [1.807, 2.05) is 23.1 Å². The topological polar surface area (TPSA) is 70.6 Å². The molecule has 0 saturated carbocycles. The standard InChI is InChI=1S/C17H22N4O3/c1-24-15-4-2-3-14(13-15)16(22)20-10-7-19(8-11-20)9-12-21-6-5-18-17(21)23/h2-6,13H,7-12H2,1H3,(H,18,23). The molecule has 1 saturated heterocycles. The maximum absolute atomic E-state index is 12.6. The molecular weight excluding hydrogens is 308 g/mol. The van der Waals surface area contributed by atoms with Crippen LogP contribution in [0.4, 0.5) is 0 Å². The van der Waals surface area contributed by atoms with E-state index in [2.05, 4.69) is 9.88 Å². The Hall–Kier alpha value is -2.54. The fraction of sp³-hybridized carbons (Fsp3) is 0.412. The lowest BCUT2D eigenvalue weighted by atomic mass is 10.1. The van der Waals surface area contributed by atoms with Gasteiger partial charge in [-0.05, 0) is 18.2 Å². The van der Waals surface area contributed by atoms with Crippen molar-refractivity contribution < 1.29 is 9.53 Å². The summed E-state index contributed by atoms with van der Waals surface area (Å²) in [6.45, 7) is 4.48. The zero-order chi connectivity index (χ0) is 16.9. The first-order valence-electron chi connectivity index (χ1n) is 8.07. The largest absolute Gasteiger partial charge is 0.497 e. The highest BCUT2D eigenvalue weighted by atomic mass is 16.5. The maximum atomic E-state index is 12.6. The minimum Gasteiger partial charge on any atom is -0.497 e. The highest BCUT2D eigenvalue weighted by Gasteiger charge is 2.22. The second-order valence-electron chi connectivity index (χ2n) is 5.82. The summed E-state index contributed by atoms with van der Waals surface area (Å²) in [5, 5.41) is 0. The maximum Gasteiger partial charge on any atom is 0.325 e. The summed E-state index contributed by atoms with van der Waals surface area (Å²) in [4.78, 5) is 30.8. The number of hydrogen-bond donors (Lipinski definition) is 1. The monoisotopic (exact) mass is 330 g/mol. The summed E-state index contributed by atoms with van der Waals surface area (Å²) in [6, 6.07) is 7.25. The number of ether oxygens (including phenoxy) is 1. The van der Waals surface area contributed by atoms with E-state index < -0.39 is 0 Å². The zero-order valence-electron chi connectivity index (χ0n) is 13.8. The molecule has 1 amide bonds. The van der Waals surface area contributed by atoms with Crippen LogP contribution in [0.3, 0.4) is 0 Å². The molecule has 7 heteroatoms. The van der Waals surface area contributed by atoms with Crippen LogP contribution < -0.4 is 10.4 Å². The van der Waals surface area contributed by atoms with Crippen LogP contribution in [-0.2, 0) is 6.54 Å². The molecule has 3 rings (SSSR count). The minimum atomic E-state index is -0.0816. The number of hydrogen-bond acceptors (Lipinski definition) is 4. The Labute approximate surface area is 140 Å². The highest BCUT2D eigenvalue weighted by Crippen LogP contribution is 2.15. The summed E-state index contributed by atoms with van der Waals surface area (Å²) >= 11 is 0. The van der Waals surface area contributed by atoms with Crippen molar-refractivity contribution in [3.05, 3.63) is 52.7 Å². The number of benzene rings is 1. The lowest BCUT2D eigenvalue weighted by Crippen LogP contribution is -2.49. The van der Waals surface area contributed by atoms with E-state index in [1.54, 1.807) is 30.1 Å². The number of piperazine rings is 1. The average Bonchev–Trinajstić information content (AvgIpc) is 3.05. The number of nitrogens with one attached hydrogen (secondary N) is 1. The Morgan fingerprint density at radius 2 is 2.00 bits per heavy atom. The summed E-state index contributed by atoms with van der Waals surface area (Å²) < 4.78 is 6.84. The third-order valence-corrected chi connectivity index (χ3v) is 4.36. The van der Waals surface area contributed by atoms with Crippen molar-refractivity contribution >= 4 is 5.91 Å². The number of rotatable bonds is 5. The molecule has 1 fully saturated rings. The normalized spacial score (nSPS) is 15.5. The van der Waals surface area contributed by atoms with Crippen molar-refractivity contribution in [1.29, 1.82) is 0 Å². The number of aromatic amines is 1. The van der Waals surface area contributed by atoms with Crippen LogP contribution in [0.15, 0.2) is 41.5 Å². The molecule has 7 nitrogen and oxygen atoms in total. The van der Waals surface area contributed by atoms with Gasteiger partial charge in [0.25, 0.3) is 5.91 Å². The molecule has 2 aromatic rings. The molecule has 1 aliphatic heterocycles. The molecule has 1 aromatic carbocycles. The van der Waals surface area contributed by atoms with Gasteiger partial charge in [0, 0.05) is 57.2 Å². The van der Waals surface area contributed by atoms with E-state index >= 15 is 0 Å². The SMILES string of the molecule is COc1cccc(C(=O)N2CCN(CCn3cc[nH]c3=O)CC2)c1. The summed E-state index contributed by atoms with van der Waals surface area (Å²) in [5.41, 5.74) is 0.573. The van der Waals surface area contributed by atoms with Crippen LogP contribution in [0.25, 0.3) is 0 Å². The van der Waals surface area contributed by atoms with Gasteiger partial charge < -0.3 is 14.6 Å². The van der Waals surface area contributed by atoms with Crippen LogP contribution in [0.5, 0.6) is 5.75 Å². The fourth-order valence-corrected chi connectivity index (χ4v) is 2.89. The third-order valence-electron chi connectivity index (χ3n) is 4.36. The van der Waals surface area contributed by atoms with Crippen LogP contribution >= 0.6 is 0 Å². The van der Waals surface area contributed by atoms with Crippen molar-refractivity contribution in [2.75, 3.05) is 39.8 Å². The molecule has 2 heterocycles. The van der Waals surface area contributed by atoms with Gasteiger partial charge in [0.15, 0.2) is 0 Å². The molecule has 0 unspecified atom stereocenters. The number of nitrogens with zero attached hydrogens (tertiary/aromatic N) is 3. The Bertz CT molecular complexity index is 744. The van der Waals surface area contributed by atoms with Gasteiger partial charge in [-0.25, -0.2) is 4.79 Å². The van der Waals surface area contributed by atoms with Gasteiger partial charge in [-0.15, -0.1) is 0 Å². The van der Waals surface area contributed by atoms with Gasteiger partial charge in [-0.3, -0.25) is 14.3 Å². The fourth-order valence-electron chi connectivity index (χ4n) is 2.89. The zero-order valence-corrected chi connectivity index (χ0v) is 13.8. The summed E-state index contributed by atoms with van der Waals surface area (Å²) in [7, 11) is 1.60. The van der Waals surface area contributed by atoms with Crippen molar-refractivity contribution in [1.82, 2.24) is 19.4 Å². The Morgan fingerprint density at radius 3 is 2.67 bits per heavy atom. The van der Waals surface area contributed by atoms with Crippen molar-refractivity contribution in [3.63, 3.8) is 0 Å². The van der Waals surface area contributed by atoms with E-state index in [0.29, 0.717) is 30.9 Å². The number of H-pyrrole nitrogens is 1. The Balaban J connectivity index is 1.52. The van der Waals surface area contributed by atoms with E-state index in [9.17, 15) is 9.59 Å². The third kappa shape index (κ3) is 3.68. The van der Waals surface area contributed by atoms with Gasteiger partial charge >= 0.3 is 5.69 Å². The van der Waals surface area contributed by atoms with Crippen LogP contribution in [0.2, 0.25) is 0 Å². The van der Waals surface area contributed by atoms with Crippen molar-refractivity contribution in [2.24, 2.45) is 0 Å². The second kappa shape index (κ2) is 7.35. The van der Waals surface area contributed by atoms with Crippen LogP contribution in [-0.4, -0.2) is 65.1 Å². The van der Waals surface area contributed by atoms with Gasteiger partial charge in [-0.1, -0.05) is 6.07 Å². The first kappa shape index (κ1) is 16.3. The molecule has 1 N–H and O–H groups in total. The number of aromatic nitrogens is 2. The Morgan fingerprint density at radius 1 is 1.21 bits per heavy atom. The van der Waals surface area contributed by atoms with E-state index in [-0.39, 0.29) is 11.6 Å². The minimum absolute atomic E-state index is 0.0374. The van der Waals surface area contributed by atoms with Crippen molar-refractivity contribution in [3.8, 4) is 5.75 Å². The quantitative estimate of drug-likeness (QED) is 0.873. The number of amides is 1. The van der Waals surface area contributed by atoms with Gasteiger partial charge in [-0.2, -0.15) is 0 Å². The van der Waals surface area contributed by atoms with E-state index in [0.717, 1.165) is 19.6 Å². The van der Waals surface area contributed by atoms with Gasteiger partial charge in [0.05, 0.1) is 7.11 Å². The van der Waals surface area contributed by atoms with Crippen LogP contribution in [0.1, 0.15) is 10.4 Å². The molecule has 0 aliphatic carbocycles. The molecule has 128 valence electrons. The number of carbonyl (C=O) groups is 1. The highest BCUT2D eigenvalue weighted by molar-refractivity contribution is 5.94. The van der Waals surface area contributed by atoms with Crippen molar-refractivity contribution in [2.45, 2.75) is 6.54 Å². The first-order valence-corrected chi connectivity index (χ1v) is 8.07. The van der Waals surface area contributed by atoms with E-state index in [1.165, 1.54) is 0 Å². The molecule has 0 bridgehead atoms. The van der Waals surface area contributed by atoms with Crippen LogP contribution in [0, 0.1) is 0 Å². The number of methoxy groups -OCH3 is 1. The smallest absolute Gasteiger partial charge is 0.325 e. The lowest BCUT2D eigenvalue weighted by Gasteiger charge is -2.34. The number of imidazole rings is 1. The average molecular weight is 330 g/mol. The number of carbonyl (C=O) groups excluding carboxylic acids is 1. The molecule has 1 aliphatic rings. The predicted molar refractivity (Wildman–Crippen MR) is 90.4 cm³/mol. The molecule has 24 heavy (non-hydrogen) atoms. The molecule has 0 radical (unpaired) electrons. The molecule has 0 spiro atoms. The predicted octanol–water partition coefficient (Wildman–Crippen LogP) is 0.643. The lowest BCUT2D eigenvalue weighted by molar-refractivity contribution is 0.0632. The molecule has 0 atom stereocenters. The van der Waals surface area contributed by atoms with E-state index in [4.69, 9.17) is 4.74 Å². The molecule has 1 aromatic heterocycles. The van der Waals surface area contributed by atoms with Gasteiger partial charge in [0.2, 0.25) is 0 Å². The summed E-state index contributed by atoms with van der Waals surface area (Å²) in [6.07, 6.45) is 3.40. The second-order valence-corrected chi connectivity index (χ2v) is 5.82. The van der Waals surface area contributed by atoms with Gasteiger partial charge in [0.1, 0.15) is 5.75 Å². The first-order chi connectivity index (χ1) is 11.7.